The van der Waals surface area contributed by atoms with Crippen LogP contribution in [0.15, 0.2) is 0 Å². The Bertz CT molecular complexity index is 175. The summed E-state index contributed by atoms with van der Waals surface area (Å²) in [6.07, 6.45) is 20.3. The standard InChI is InChI=1S/C18H37N/c1-2-3-4-5-6-7-8-9-10-11-16-19-17-15-18-13-12-14-18/h18-19H,2-17H2,1H3. The summed E-state index contributed by atoms with van der Waals surface area (Å²) in [6.45, 7) is 4.81. The van der Waals surface area contributed by atoms with Crippen LogP contribution >= 0.6 is 0 Å². The molecule has 1 aliphatic rings. The van der Waals surface area contributed by atoms with Gasteiger partial charge in [0.05, 0.1) is 0 Å². The molecule has 0 spiro atoms. The topological polar surface area (TPSA) is 12.0 Å². The van der Waals surface area contributed by atoms with Gasteiger partial charge in [0.2, 0.25) is 0 Å². The maximum absolute atomic E-state index is 3.61. The van der Waals surface area contributed by atoms with Crippen molar-refractivity contribution in [2.24, 2.45) is 5.92 Å². The Morgan fingerprint density at radius 1 is 0.737 bits per heavy atom. The first-order valence-electron chi connectivity index (χ1n) is 9.14. The highest BCUT2D eigenvalue weighted by Gasteiger charge is 2.15. The van der Waals surface area contributed by atoms with Crippen molar-refractivity contribution in [3.8, 4) is 0 Å². The zero-order valence-electron chi connectivity index (χ0n) is 13.4. The Balaban J connectivity index is 1.62. The molecule has 0 heterocycles. The van der Waals surface area contributed by atoms with Crippen molar-refractivity contribution in [1.29, 1.82) is 0 Å². The fraction of sp³-hybridized carbons (Fsp3) is 1.00. The number of rotatable bonds is 14. The van der Waals surface area contributed by atoms with Crippen LogP contribution in [-0.4, -0.2) is 13.1 Å². The normalized spacial score (nSPS) is 15.6. The van der Waals surface area contributed by atoms with Gasteiger partial charge in [0.25, 0.3) is 0 Å². The molecule has 114 valence electrons. The molecule has 0 saturated heterocycles. The molecule has 19 heavy (non-hydrogen) atoms. The summed E-state index contributed by atoms with van der Waals surface area (Å²) in [6, 6.07) is 0. The average Bonchev–Trinajstić information content (AvgIpc) is 2.37. The Morgan fingerprint density at radius 2 is 1.32 bits per heavy atom. The van der Waals surface area contributed by atoms with E-state index in [1.165, 1.54) is 103 Å². The second-order valence-electron chi connectivity index (χ2n) is 6.52. The van der Waals surface area contributed by atoms with E-state index in [4.69, 9.17) is 0 Å². The van der Waals surface area contributed by atoms with E-state index >= 15 is 0 Å². The van der Waals surface area contributed by atoms with Gasteiger partial charge in [0.15, 0.2) is 0 Å². The zero-order valence-corrected chi connectivity index (χ0v) is 13.4. The Morgan fingerprint density at radius 3 is 1.84 bits per heavy atom. The largest absolute Gasteiger partial charge is 0.317 e. The molecule has 1 N–H and O–H groups in total. The summed E-state index contributed by atoms with van der Waals surface area (Å²) < 4.78 is 0. The second-order valence-corrected chi connectivity index (χ2v) is 6.52. The maximum atomic E-state index is 3.61. The van der Waals surface area contributed by atoms with Crippen molar-refractivity contribution < 1.29 is 0 Å². The van der Waals surface area contributed by atoms with Gasteiger partial charge in [-0.05, 0) is 31.8 Å². The summed E-state index contributed by atoms with van der Waals surface area (Å²) in [7, 11) is 0. The third kappa shape index (κ3) is 10.4. The van der Waals surface area contributed by atoms with Crippen LogP contribution in [0.25, 0.3) is 0 Å². The van der Waals surface area contributed by atoms with Crippen molar-refractivity contribution in [3.05, 3.63) is 0 Å². The smallest absolute Gasteiger partial charge is 0.00463 e. The molecule has 0 radical (unpaired) electrons. The lowest BCUT2D eigenvalue weighted by Gasteiger charge is -2.25. The van der Waals surface area contributed by atoms with E-state index in [-0.39, 0.29) is 0 Å². The lowest BCUT2D eigenvalue weighted by molar-refractivity contribution is 0.292. The molecule has 1 saturated carbocycles. The van der Waals surface area contributed by atoms with Gasteiger partial charge in [-0.25, -0.2) is 0 Å². The van der Waals surface area contributed by atoms with E-state index in [0.29, 0.717) is 0 Å². The fourth-order valence-electron chi connectivity index (χ4n) is 2.95. The van der Waals surface area contributed by atoms with Crippen LogP contribution in [0.2, 0.25) is 0 Å². The lowest BCUT2D eigenvalue weighted by atomic mass is 9.83. The van der Waals surface area contributed by atoms with Crippen molar-refractivity contribution in [2.45, 2.75) is 96.8 Å². The molecule has 1 aliphatic carbocycles. The highest BCUT2D eigenvalue weighted by Crippen LogP contribution is 2.28. The number of hydrogen-bond donors (Lipinski definition) is 1. The van der Waals surface area contributed by atoms with Crippen LogP contribution in [-0.2, 0) is 0 Å². The molecule has 0 bridgehead atoms. The Hall–Kier alpha value is -0.0400. The highest BCUT2D eigenvalue weighted by atomic mass is 14.8. The van der Waals surface area contributed by atoms with Crippen molar-refractivity contribution in [2.75, 3.05) is 13.1 Å². The Labute approximate surface area is 121 Å². The monoisotopic (exact) mass is 267 g/mol. The van der Waals surface area contributed by atoms with E-state index in [1.807, 2.05) is 0 Å². The molecule has 0 aromatic heterocycles. The fourth-order valence-corrected chi connectivity index (χ4v) is 2.95. The molecule has 1 heteroatoms. The van der Waals surface area contributed by atoms with E-state index < -0.39 is 0 Å². The van der Waals surface area contributed by atoms with E-state index in [1.54, 1.807) is 0 Å². The molecule has 0 aliphatic heterocycles. The van der Waals surface area contributed by atoms with Gasteiger partial charge in [-0.15, -0.1) is 0 Å². The molecule has 0 atom stereocenters. The van der Waals surface area contributed by atoms with Gasteiger partial charge in [-0.1, -0.05) is 84.0 Å². The molecular formula is C18H37N. The van der Waals surface area contributed by atoms with E-state index in [9.17, 15) is 0 Å². The van der Waals surface area contributed by atoms with Gasteiger partial charge in [0, 0.05) is 0 Å². The molecule has 1 rings (SSSR count). The van der Waals surface area contributed by atoms with Crippen LogP contribution in [0, 0.1) is 5.92 Å². The third-order valence-electron chi connectivity index (χ3n) is 4.66. The predicted octanol–water partition coefficient (Wildman–Crippen LogP) is 5.69. The van der Waals surface area contributed by atoms with Gasteiger partial charge in [-0.3, -0.25) is 0 Å². The first-order chi connectivity index (χ1) is 9.43. The van der Waals surface area contributed by atoms with Crippen molar-refractivity contribution in [3.63, 3.8) is 0 Å². The predicted molar refractivity (Wildman–Crippen MR) is 86.7 cm³/mol. The summed E-state index contributed by atoms with van der Waals surface area (Å²) >= 11 is 0. The first kappa shape index (κ1) is 17.0. The van der Waals surface area contributed by atoms with E-state index in [2.05, 4.69) is 12.2 Å². The lowest BCUT2D eigenvalue weighted by Crippen LogP contribution is -2.22. The van der Waals surface area contributed by atoms with Crippen LogP contribution in [0.4, 0.5) is 0 Å². The van der Waals surface area contributed by atoms with Gasteiger partial charge < -0.3 is 5.32 Å². The minimum atomic E-state index is 1.07. The molecule has 1 fully saturated rings. The molecule has 0 aromatic rings. The second kappa shape index (κ2) is 13.0. The highest BCUT2D eigenvalue weighted by molar-refractivity contribution is 4.70. The van der Waals surface area contributed by atoms with Crippen LogP contribution in [0.1, 0.15) is 96.8 Å². The summed E-state index contributed by atoms with van der Waals surface area (Å²) in [5, 5.41) is 3.61. The SMILES string of the molecule is CCCCCCCCCCCCNCCC1CCC1. The molecule has 0 aromatic carbocycles. The minimum absolute atomic E-state index is 1.07. The quantitative estimate of drug-likeness (QED) is 0.399. The van der Waals surface area contributed by atoms with E-state index in [0.717, 1.165) is 5.92 Å². The third-order valence-corrected chi connectivity index (χ3v) is 4.66. The first-order valence-corrected chi connectivity index (χ1v) is 9.14. The zero-order chi connectivity index (χ0) is 13.6. The van der Waals surface area contributed by atoms with Crippen LogP contribution < -0.4 is 5.32 Å². The van der Waals surface area contributed by atoms with Crippen LogP contribution in [0.3, 0.4) is 0 Å². The molecule has 0 amide bonds. The molecular weight excluding hydrogens is 230 g/mol. The summed E-state index contributed by atoms with van der Waals surface area (Å²) in [5.74, 6) is 1.07. The summed E-state index contributed by atoms with van der Waals surface area (Å²) in [5.41, 5.74) is 0. The summed E-state index contributed by atoms with van der Waals surface area (Å²) in [4.78, 5) is 0. The van der Waals surface area contributed by atoms with Gasteiger partial charge in [-0.2, -0.15) is 0 Å². The van der Waals surface area contributed by atoms with Crippen LogP contribution in [0.5, 0.6) is 0 Å². The number of hydrogen-bond acceptors (Lipinski definition) is 1. The van der Waals surface area contributed by atoms with Gasteiger partial charge >= 0.3 is 0 Å². The molecule has 1 nitrogen and oxygen atoms in total. The maximum Gasteiger partial charge on any atom is -0.00463 e. The average molecular weight is 268 g/mol. The minimum Gasteiger partial charge on any atom is -0.317 e. The molecule has 0 unspecified atom stereocenters. The van der Waals surface area contributed by atoms with Crippen molar-refractivity contribution in [1.82, 2.24) is 5.32 Å². The Kier molecular flexibility index (Phi) is 11.6. The number of nitrogens with one attached hydrogen (secondary N) is 1. The number of unbranched alkanes of at least 4 members (excludes halogenated alkanes) is 9. The van der Waals surface area contributed by atoms with Gasteiger partial charge in [0.1, 0.15) is 0 Å². The van der Waals surface area contributed by atoms with Crippen molar-refractivity contribution >= 4 is 0 Å².